The van der Waals surface area contributed by atoms with E-state index in [1.165, 1.54) is 25.7 Å². The first-order chi connectivity index (χ1) is 18.5. The molecule has 192 valence electrons. The quantitative estimate of drug-likeness (QED) is 0.288. The van der Waals surface area contributed by atoms with Gasteiger partial charge >= 0.3 is 0 Å². The summed E-state index contributed by atoms with van der Waals surface area (Å²) in [6.07, 6.45) is 12.4. The average molecular weight is 506 g/mol. The van der Waals surface area contributed by atoms with Crippen molar-refractivity contribution in [2.45, 2.75) is 45.4 Å². The van der Waals surface area contributed by atoms with Crippen LogP contribution in [0, 0.1) is 24.2 Å². The van der Waals surface area contributed by atoms with Crippen LogP contribution in [0.1, 0.15) is 60.0 Å². The predicted molar refractivity (Wildman–Crippen MR) is 147 cm³/mol. The fourth-order valence-corrected chi connectivity index (χ4v) is 4.86. The molecule has 2 heterocycles. The maximum Gasteiger partial charge on any atom is 0.255 e. The van der Waals surface area contributed by atoms with Gasteiger partial charge in [-0.25, -0.2) is 4.68 Å². The van der Waals surface area contributed by atoms with Crippen molar-refractivity contribution in [3.05, 3.63) is 90.0 Å². The van der Waals surface area contributed by atoms with Crippen molar-refractivity contribution in [2.24, 2.45) is 5.92 Å². The number of rotatable bonds is 8. The highest BCUT2D eigenvalue weighted by Crippen LogP contribution is 2.32. The van der Waals surface area contributed by atoms with Crippen molar-refractivity contribution in [1.29, 1.82) is 5.26 Å². The number of hydrogen-bond donors (Lipinski definition) is 1. The van der Waals surface area contributed by atoms with Crippen molar-refractivity contribution >= 4 is 11.6 Å². The second kappa shape index (κ2) is 11.3. The lowest BCUT2D eigenvalue weighted by Gasteiger charge is -2.13. The number of aromatic nitrogens is 3. The minimum atomic E-state index is -0.281. The van der Waals surface area contributed by atoms with Gasteiger partial charge in [-0.05, 0) is 74.1 Å². The second-order valence-corrected chi connectivity index (χ2v) is 9.94. The highest BCUT2D eigenvalue weighted by atomic mass is 16.5. The van der Waals surface area contributed by atoms with Gasteiger partial charge in [0.25, 0.3) is 5.91 Å². The molecule has 0 saturated heterocycles. The molecular formula is C31H31N5O2. The largest absolute Gasteiger partial charge is 0.493 e. The highest BCUT2D eigenvalue weighted by Gasteiger charge is 2.18. The monoisotopic (exact) mass is 505 g/mol. The van der Waals surface area contributed by atoms with E-state index in [-0.39, 0.29) is 11.8 Å². The molecule has 2 aromatic heterocycles. The zero-order chi connectivity index (χ0) is 26.5. The van der Waals surface area contributed by atoms with Gasteiger partial charge in [-0.2, -0.15) is 10.4 Å². The van der Waals surface area contributed by atoms with Crippen LogP contribution in [0.25, 0.3) is 16.8 Å². The summed E-state index contributed by atoms with van der Waals surface area (Å²) < 4.78 is 8.02. The summed E-state index contributed by atoms with van der Waals surface area (Å²) in [6, 6.07) is 17.0. The number of carbonyl (C=O) groups is 1. The van der Waals surface area contributed by atoms with Crippen LogP contribution in [0.4, 0.5) is 5.69 Å². The third-order valence-corrected chi connectivity index (χ3v) is 7.18. The van der Waals surface area contributed by atoms with Crippen molar-refractivity contribution < 1.29 is 9.53 Å². The Hall–Kier alpha value is -4.44. The number of pyridine rings is 1. The van der Waals surface area contributed by atoms with Crippen molar-refractivity contribution in [2.75, 3.05) is 11.9 Å². The first-order valence-electron chi connectivity index (χ1n) is 13.1. The summed E-state index contributed by atoms with van der Waals surface area (Å²) in [7, 11) is 0. The van der Waals surface area contributed by atoms with Gasteiger partial charge in [0.1, 0.15) is 5.75 Å². The molecule has 0 bridgehead atoms. The maximum absolute atomic E-state index is 13.0. The number of carbonyl (C=O) groups excluding carboxylic acids is 1. The Morgan fingerprint density at radius 3 is 2.84 bits per heavy atom. The lowest BCUT2D eigenvalue weighted by atomic mass is 10.0. The zero-order valence-electron chi connectivity index (χ0n) is 21.7. The molecule has 1 aliphatic rings. The molecular weight excluding hydrogens is 474 g/mol. The van der Waals surface area contributed by atoms with Crippen molar-refractivity contribution in [3.8, 4) is 28.6 Å². The Balaban J connectivity index is 1.35. The molecule has 0 aliphatic heterocycles. The smallest absolute Gasteiger partial charge is 0.255 e. The minimum Gasteiger partial charge on any atom is -0.493 e. The van der Waals surface area contributed by atoms with E-state index in [2.05, 4.69) is 21.5 Å². The molecule has 1 N–H and O–H groups in total. The molecule has 1 fully saturated rings. The van der Waals surface area contributed by atoms with Gasteiger partial charge in [0.05, 0.1) is 30.5 Å². The fourth-order valence-electron chi connectivity index (χ4n) is 4.86. The van der Waals surface area contributed by atoms with E-state index in [1.54, 1.807) is 24.4 Å². The Bertz CT molecular complexity index is 1480. The summed E-state index contributed by atoms with van der Waals surface area (Å²) in [5.41, 5.74) is 5.69. The number of nitriles is 1. The highest BCUT2D eigenvalue weighted by molar-refractivity contribution is 6.04. The number of benzene rings is 2. The van der Waals surface area contributed by atoms with E-state index < -0.39 is 0 Å². The fraction of sp³-hybridized carbons (Fsp3) is 0.290. The zero-order valence-corrected chi connectivity index (χ0v) is 21.7. The molecule has 7 heteroatoms. The Kier molecular flexibility index (Phi) is 7.50. The summed E-state index contributed by atoms with van der Waals surface area (Å²) in [6.45, 7) is 4.55. The molecule has 5 rings (SSSR count). The molecule has 1 saturated carbocycles. The first-order valence-corrected chi connectivity index (χ1v) is 13.1. The number of hydrogen-bond acceptors (Lipinski definition) is 5. The third kappa shape index (κ3) is 5.60. The number of anilines is 1. The number of aryl methyl sites for hydroxylation is 1. The first kappa shape index (κ1) is 25.2. The summed E-state index contributed by atoms with van der Waals surface area (Å²) in [5, 5.41) is 16.8. The maximum atomic E-state index is 13.0. The summed E-state index contributed by atoms with van der Waals surface area (Å²) in [5.74, 6) is 0.928. The van der Waals surface area contributed by atoms with Crippen LogP contribution in [-0.2, 0) is 0 Å². The number of ether oxygens (including phenoxy) is 1. The molecule has 2 aromatic carbocycles. The number of amides is 1. The molecule has 7 nitrogen and oxygen atoms in total. The predicted octanol–water partition coefficient (Wildman–Crippen LogP) is 6.69. The lowest BCUT2D eigenvalue weighted by Crippen LogP contribution is -2.13. The normalized spacial score (nSPS) is 14.1. The lowest BCUT2D eigenvalue weighted by molar-refractivity contribution is 0.102. The molecule has 0 spiro atoms. The van der Waals surface area contributed by atoms with E-state index in [0.29, 0.717) is 17.2 Å². The van der Waals surface area contributed by atoms with Gasteiger partial charge in [0, 0.05) is 41.0 Å². The Morgan fingerprint density at radius 2 is 2.03 bits per heavy atom. The van der Waals surface area contributed by atoms with Gasteiger partial charge in [-0.3, -0.25) is 9.78 Å². The molecule has 1 amide bonds. The van der Waals surface area contributed by atoms with Crippen LogP contribution in [0.3, 0.4) is 0 Å². The van der Waals surface area contributed by atoms with Crippen LogP contribution in [0.5, 0.6) is 5.75 Å². The van der Waals surface area contributed by atoms with Gasteiger partial charge < -0.3 is 10.1 Å². The molecule has 1 atom stereocenters. The molecule has 38 heavy (non-hydrogen) atoms. The van der Waals surface area contributed by atoms with E-state index in [4.69, 9.17) is 4.74 Å². The molecule has 1 aliphatic carbocycles. The van der Waals surface area contributed by atoms with E-state index >= 15 is 0 Å². The Labute approximate surface area is 223 Å². The van der Waals surface area contributed by atoms with Crippen molar-refractivity contribution in [3.63, 3.8) is 0 Å². The summed E-state index contributed by atoms with van der Waals surface area (Å²) in [4.78, 5) is 17.3. The van der Waals surface area contributed by atoms with Gasteiger partial charge in [0.15, 0.2) is 0 Å². The molecule has 1 unspecified atom stereocenters. The second-order valence-electron chi connectivity index (χ2n) is 9.94. The number of nitrogens with zero attached hydrogens (tertiary/aromatic N) is 4. The van der Waals surface area contributed by atoms with Gasteiger partial charge in [0.2, 0.25) is 0 Å². The Morgan fingerprint density at radius 1 is 1.18 bits per heavy atom. The van der Waals surface area contributed by atoms with Crippen LogP contribution < -0.4 is 10.1 Å². The van der Waals surface area contributed by atoms with Crippen LogP contribution in [0.2, 0.25) is 0 Å². The van der Waals surface area contributed by atoms with E-state index in [9.17, 15) is 10.1 Å². The van der Waals surface area contributed by atoms with Crippen LogP contribution in [0.15, 0.2) is 73.3 Å². The van der Waals surface area contributed by atoms with Crippen LogP contribution >= 0.6 is 0 Å². The van der Waals surface area contributed by atoms with Gasteiger partial charge in [-0.15, -0.1) is 0 Å². The van der Waals surface area contributed by atoms with E-state index in [1.807, 2.05) is 67.5 Å². The van der Waals surface area contributed by atoms with Crippen molar-refractivity contribution in [1.82, 2.24) is 14.8 Å². The third-order valence-electron chi connectivity index (χ3n) is 7.18. The minimum absolute atomic E-state index is 0.229. The molecule has 4 aromatic rings. The van der Waals surface area contributed by atoms with E-state index in [0.717, 1.165) is 40.3 Å². The summed E-state index contributed by atoms with van der Waals surface area (Å²) >= 11 is 0. The average Bonchev–Trinajstić information content (AvgIpc) is 3.65. The molecule has 0 radical (unpaired) electrons. The number of nitrogens with one attached hydrogen (secondary N) is 1. The van der Waals surface area contributed by atoms with Gasteiger partial charge in [-0.1, -0.05) is 31.0 Å². The topological polar surface area (TPSA) is 92.8 Å². The van der Waals surface area contributed by atoms with Crippen LogP contribution in [-0.4, -0.2) is 27.3 Å². The standard InChI is InChI=1S/C31H31N5O2/c1-21-10-11-27(35-31(37)25-9-5-8-24(14-25)22(2)16-32)15-29(21)36-19-26(17-34-36)28-18-33-13-12-30(28)38-20-23-6-3-4-7-23/h5,8-15,17-19,22-23H,3-4,6-7,20H2,1-2H3,(H,35,37). The SMILES string of the molecule is Cc1ccc(NC(=O)c2cccc(C(C)C#N)c2)cc1-n1cc(-c2cnccc2OCC2CCCC2)cn1.